The Labute approximate surface area is 148 Å². The third kappa shape index (κ3) is 8.33. The van der Waals surface area contributed by atoms with Gasteiger partial charge in [-0.15, -0.1) is 11.6 Å². The molecule has 2 amide bonds. The van der Waals surface area contributed by atoms with E-state index in [9.17, 15) is 14.2 Å². The van der Waals surface area contributed by atoms with Crippen LogP contribution in [0, 0.1) is 0 Å². The molecule has 0 aromatic carbocycles. The molecule has 0 saturated carbocycles. The van der Waals surface area contributed by atoms with Crippen LogP contribution in [0.4, 0.5) is 4.79 Å². The Balaban J connectivity index is 4.85. The molecule has 24 heavy (non-hydrogen) atoms. The molecule has 0 saturated heterocycles. The highest BCUT2D eigenvalue weighted by atomic mass is 35.5. The minimum absolute atomic E-state index is 0.173. The summed E-state index contributed by atoms with van der Waals surface area (Å²) < 4.78 is 28.0. The first-order chi connectivity index (χ1) is 11.0. The first kappa shape index (κ1) is 23.2. The largest absolute Gasteiger partial charge is 0.444 e. The molecule has 0 bridgehead atoms. The predicted molar refractivity (Wildman–Crippen MR) is 92.3 cm³/mol. The van der Waals surface area contributed by atoms with Gasteiger partial charge in [-0.05, 0) is 41.5 Å². The number of amides is 2. The number of alkyl carbamates (subject to hydrolysis) is 1. The van der Waals surface area contributed by atoms with Crippen LogP contribution in [-0.2, 0) is 23.1 Å². The maximum Gasteiger partial charge on any atom is 0.408 e. The third-order valence-corrected chi connectivity index (χ3v) is 5.23. The maximum absolute atomic E-state index is 12.6. The summed E-state index contributed by atoms with van der Waals surface area (Å²) in [6.07, 6.45) is -0.770. The van der Waals surface area contributed by atoms with Crippen LogP contribution in [-0.4, -0.2) is 48.5 Å². The van der Waals surface area contributed by atoms with Crippen LogP contribution in [0.2, 0.25) is 0 Å². The summed E-state index contributed by atoms with van der Waals surface area (Å²) in [6, 6.07) is -1.04. The molecule has 0 aliphatic carbocycles. The fourth-order valence-electron chi connectivity index (χ4n) is 1.63. The van der Waals surface area contributed by atoms with Crippen molar-refractivity contribution in [2.45, 2.75) is 59.0 Å². The average molecular weight is 387 g/mol. The molecule has 8 nitrogen and oxygen atoms in total. The first-order valence-electron chi connectivity index (χ1n) is 7.73. The Morgan fingerprint density at radius 3 is 2.00 bits per heavy atom. The van der Waals surface area contributed by atoms with E-state index in [1.54, 1.807) is 34.6 Å². The summed E-state index contributed by atoms with van der Waals surface area (Å²) in [5, 5.41) is 4.87. The number of carbonyl (C=O) groups is 2. The minimum atomic E-state index is -3.50. The molecule has 0 spiro atoms. The molecule has 10 heteroatoms. The number of hydrogen-bond donors (Lipinski definition) is 2. The molecule has 0 aromatic rings. The van der Waals surface area contributed by atoms with Gasteiger partial charge in [-0.3, -0.25) is 9.36 Å². The normalized spacial score (nSPS) is 14.6. The molecule has 2 atom stereocenters. The van der Waals surface area contributed by atoms with Gasteiger partial charge in [0, 0.05) is 0 Å². The van der Waals surface area contributed by atoms with Gasteiger partial charge in [0.25, 0.3) is 0 Å². The lowest BCUT2D eigenvalue weighted by molar-refractivity contribution is -0.123. The van der Waals surface area contributed by atoms with Gasteiger partial charge in [0.2, 0.25) is 5.91 Å². The summed E-state index contributed by atoms with van der Waals surface area (Å²) >= 11 is 5.74. The van der Waals surface area contributed by atoms with E-state index >= 15 is 0 Å². The number of ether oxygens (including phenoxy) is 1. The van der Waals surface area contributed by atoms with Crippen molar-refractivity contribution in [3.8, 4) is 0 Å². The SMILES string of the molecule is CCOP(=O)(OCC)[C@H](C)NC(=O)[C@H](CCl)NC(=O)OC(C)(C)C. The highest BCUT2D eigenvalue weighted by Crippen LogP contribution is 2.51. The van der Waals surface area contributed by atoms with Crippen LogP contribution in [0.5, 0.6) is 0 Å². The second kappa shape index (κ2) is 10.2. The van der Waals surface area contributed by atoms with Crippen LogP contribution in [0.1, 0.15) is 41.5 Å². The average Bonchev–Trinajstić information content (AvgIpc) is 2.43. The van der Waals surface area contributed by atoms with E-state index in [0.29, 0.717) is 0 Å². The molecule has 0 aromatic heterocycles. The molecule has 0 aliphatic heterocycles. The van der Waals surface area contributed by atoms with Gasteiger partial charge in [-0.25, -0.2) is 4.79 Å². The van der Waals surface area contributed by atoms with Crippen molar-refractivity contribution >= 4 is 31.2 Å². The van der Waals surface area contributed by atoms with Gasteiger partial charge in [0.1, 0.15) is 17.4 Å². The first-order valence-corrected chi connectivity index (χ1v) is 9.88. The monoisotopic (exact) mass is 386 g/mol. The van der Waals surface area contributed by atoms with E-state index in [2.05, 4.69) is 10.6 Å². The number of nitrogens with one attached hydrogen (secondary N) is 2. The van der Waals surface area contributed by atoms with E-state index in [4.69, 9.17) is 25.4 Å². The molecule has 0 aliphatic rings. The van der Waals surface area contributed by atoms with Gasteiger partial charge in [0.05, 0.1) is 19.1 Å². The summed E-state index contributed by atoms with van der Waals surface area (Å²) in [5.41, 5.74) is -0.704. The fraction of sp³-hybridized carbons (Fsp3) is 0.857. The van der Waals surface area contributed by atoms with Crippen molar-refractivity contribution < 1.29 is 27.9 Å². The molecule has 0 unspecified atom stereocenters. The predicted octanol–water partition coefficient (Wildman–Crippen LogP) is 2.85. The Kier molecular flexibility index (Phi) is 9.88. The van der Waals surface area contributed by atoms with E-state index in [0.717, 1.165) is 0 Å². The van der Waals surface area contributed by atoms with Gasteiger partial charge in [0.15, 0.2) is 0 Å². The molecular weight excluding hydrogens is 359 g/mol. The van der Waals surface area contributed by atoms with Gasteiger partial charge < -0.3 is 24.4 Å². The standard InChI is InChI=1S/C14H28ClN2O6P/c1-7-21-24(20,22-8-2)10(3)16-12(18)11(9-15)17-13(19)23-14(4,5)6/h10-11H,7-9H2,1-6H3,(H,16,18)(H,17,19)/t10-,11+/m1/s1. The van der Waals surface area contributed by atoms with E-state index in [1.807, 2.05) is 0 Å². The second-order valence-corrected chi connectivity index (χ2v) is 8.59. The van der Waals surface area contributed by atoms with Crippen LogP contribution >= 0.6 is 19.2 Å². The summed E-state index contributed by atoms with van der Waals surface area (Å²) in [4.78, 5) is 24.0. The lowest BCUT2D eigenvalue weighted by Crippen LogP contribution is -2.51. The van der Waals surface area contributed by atoms with Crippen LogP contribution in [0.25, 0.3) is 0 Å². The lowest BCUT2D eigenvalue weighted by atomic mass is 10.2. The van der Waals surface area contributed by atoms with Crippen molar-refractivity contribution in [3.05, 3.63) is 0 Å². The number of rotatable bonds is 9. The van der Waals surface area contributed by atoms with Crippen molar-refractivity contribution in [2.24, 2.45) is 0 Å². The number of hydrogen-bond acceptors (Lipinski definition) is 6. The van der Waals surface area contributed by atoms with E-state index < -0.39 is 37.0 Å². The fourth-order valence-corrected chi connectivity index (χ4v) is 3.37. The molecule has 0 fully saturated rings. The van der Waals surface area contributed by atoms with Crippen molar-refractivity contribution in [3.63, 3.8) is 0 Å². The van der Waals surface area contributed by atoms with Gasteiger partial charge >= 0.3 is 13.7 Å². The zero-order chi connectivity index (χ0) is 19.0. The summed E-state index contributed by atoms with van der Waals surface area (Å²) in [7, 11) is -3.50. The van der Waals surface area contributed by atoms with Crippen LogP contribution < -0.4 is 10.6 Å². The van der Waals surface area contributed by atoms with Gasteiger partial charge in [-0.2, -0.15) is 0 Å². The molecular formula is C14H28ClN2O6P. The lowest BCUT2D eigenvalue weighted by Gasteiger charge is -2.26. The topological polar surface area (TPSA) is 103 Å². The Bertz CT molecular complexity index is 459. The molecule has 0 radical (unpaired) electrons. The van der Waals surface area contributed by atoms with Crippen molar-refractivity contribution in [1.82, 2.24) is 10.6 Å². The number of alkyl halides is 1. The van der Waals surface area contributed by atoms with E-state index in [-0.39, 0.29) is 19.1 Å². The molecule has 0 rings (SSSR count). The molecule has 0 heterocycles. The Hall–Kier alpha value is -0.820. The quantitative estimate of drug-likeness (QED) is 0.466. The third-order valence-electron chi connectivity index (χ3n) is 2.61. The number of carbonyl (C=O) groups excluding carboxylic acids is 2. The van der Waals surface area contributed by atoms with Gasteiger partial charge in [-0.1, -0.05) is 0 Å². The Morgan fingerprint density at radius 2 is 1.62 bits per heavy atom. The zero-order valence-corrected chi connectivity index (χ0v) is 16.7. The highest BCUT2D eigenvalue weighted by Gasteiger charge is 2.35. The highest BCUT2D eigenvalue weighted by molar-refractivity contribution is 7.54. The van der Waals surface area contributed by atoms with Crippen molar-refractivity contribution in [1.29, 1.82) is 0 Å². The number of halogens is 1. The van der Waals surface area contributed by atoms with Crippen LogP contribution in [0.3, 0.4) is 0 Å². The smallest absolute Gasteiger partial charge is 0.408 e. The molecule has 142 valence electrons. The Morgan fingerprint density at radius 1 is 1.12 bits per heavy atom. The molecule has 2 N–H and O–H groups in total. The maximum atomic E-state index is 12.6. The minimum Gasteiger partial charge on any atom is -0.444 e. The van der Waals surface area contributed by atoms with Crippen molar-refractivity contribution in [2.75, 3.05) is 19.1 Å². The second-order valence-electron chi connectivity index (χ2n) is 5.91. The summed E-state index contributed by atoms with van der Waals surface area (Å²) in [5.74, 6) is -1.68. The zero-order valence-electron chi connectivity index (χ0n) is 15.1. The van der Waals surface area contributed by atoms with Crippen LogP contribution in [0.15, 0.2) is 0 Å². The van der Waals surface area contributed by atoms with E-state index in [1.165, 1.54) is 6.92 Å². The summed E-state index contributed by atoms with van der Waals surface area (Å²) in [6.45, 7) is 10.3.